The minimum atomic E-state index is -0.404. The van der Waals surface area contributed by atoms with Gasteiger partial charge in [0.15, 0.2) is 0 Å². The number of hydrogen-bond acceptors (Lipinski definition) is 6. The van der Waals surface area contributed by atoms with E-state index >= 15 is 0 Å². The molecule has 2 rings (SSSR count). The van der Waals surface area contributed by atoms with Gasteiger partial charge < -0.3 is 5.21 Å². The fraction of sp³-hybridized carbons (Fsp3) is 0.105. The van der Waals surface area contributed by atoms with Crippen LogP contribution in [0, 0.1) is 0 Å². The molecule has 0 spiro atoms. The van der Waals surface area contributed by atoms with Crippen molar-refractivity contribution >= 4 is 28.9 Å². The molecule has 3 N–H and O–H groups in total. The van der Waals surface area contributed by atoms with Gasteiger partial charge in [-0.2, -0.15) is 10.2 Å². The van der Waals surface area contributed by atoms with Gasteiger partial charge in [-0.3, -0.25) is 9.59 Å². The Kier molecular flexibility index (Phi) is 6.95. The Balaban J connectivity index is 2.03. The Morgan fingerprint density at radius 1 is 0.741 bits per heavy atom. The van der Waals surface area contributed by atoms with Crippen molar-refractivity contribution in [1.82, 2.24) is 10.9 Å². The van der Waals surface area contributed by atoms with Crippen LogP contribution in [0.3, 0.4) is 0 Å². The van der Waals surface area contributed by atoms with Crippen LogP contribution in [0.5, 0.6) is 0 Å². The van der Waals surface area contributed by atoms with Gasteiger partial charge in [-0.1, -0.05) is 41.6 Å². The summed E-state index contributed by atoms with van der Waals surface area (Å²) in [5.74, 6) is -0.807. The first-order valence-electron chi connectivity index (χ1n) is 8.05. The zero-order chi connectivity index (χ0) is 19.6. The van der Waals surface area contributed by atoms with Gasteiger partial charge in [-0.25, -0.2) is 10.9 Å². The second kappa shape index (κ2) is 9.62. The molecule has 0 fully saturated rings. The average molecular weight is 365 g/mol. The average Bonchev–Trinajstić information content (AvgIpc) is 2.72. The van der Waals surface area contributed by atoms with Crippen LogP contribution in [-0.4, -0.2) is 34.2 Å². The highest BCUT2D eigenvalue weighted by molar-refractivity contribution is 6.67. The van der Waals surface area contributed by atoms with Crippen LogP contribution in [-0.2, 0) is 0 Å². The molecule has 0 radical (unpaired) electrons. The van der Waals surface area contributed by atoms with E-state index in [1.807, 2.05) is 0 Å². The summed E-state index contributed by atoms with van der Waals surface area (Å²) in [4.78, 5) is 24.0. The lowest BCUT2D eigenvalue weighted by molar-refractivity contribution is 0.0947. The molecule has 0 saturated heterocycles. The van der Waals surface area contributed by atoms with Crippen molar-refractivity contribution in [2.75, 3.05) is 0 Å². The molecule has 2 aromatic rings. The molecule has 0 atom stereocenters. The molecule has 8 nitrogen and oxygen atoms in total. The summed E-state index contributed by atoms with van der Waals surface area (Å²) in [5.41, 5.74) is 6.09. The molecule has 0 aliphatic carbocycles. The third-order valence-corrected chi connectivity index (χ3v) is 3.51. The van der Waals surface area contributed by atoms with Crippen LogP contribution in [0.1, 0.15) is 34.6 Å². The predicted molar refractivity (Wildman–Crippen MR) is 103 cm³/mol. The van der Waals surface area contributed by atoms with E-state index < -0.39 is 11.8 Å². The van der Waals surface area contributed by atoms with Crippen LogP contribution in [0.2, 0.25) is 0 Å². The topological polar surface area (TPSA) is 116 Å². The highest BCUT2D eigenvalue weighted by atomic mass is 16.4. The van der Waals surface area contributed by atoms with Gasteiger partial charge in [-0.05, 0) is 38.1 Å². The lowest BCUT2D eigenvalue weighted by Crippen LogP contribution is -2.28. The molecule has 0 unspecified atom stereocenters. The van der Waals surface area contributed by atoms with Gasteiger partial charge >= 0.3 is 0 Å². The van der Waals surface area contributed by atoms with Crippen molar-refractivity contribution in [3.8, 4) is 0 Å². The zero-order valence-corrected chi connectivity index (χ0v) is 14.9. The van der Waals surface area contributed by atoms with Crippen molar-refractivity contribution in [1.29, 1.82) is 0 Å². The molecule has 2 aromatic carbocycles. The minimum Gasteiger partial charge on any atom is -0.410 e. The molecule has 0 bridgehead atoms. The van der Waals surface area contributed by atoms with Gasteiger partial charge in [0.25, 0.3) is 11.8 Å². The lowest BCUT2D eigenvalue weighted by atomic mass is 10.2. The summed E-state index contributed by atoms with van der Waals surface area (Å²) in [6.07, 6.45) is 0. The van der Waals surface area contributed by atoms with E-state index in [1.54, 1.807) is 74.5 Å². The molecule has 8 heteroatoms. The van der Waals surface area contributed by atoms with Crippen LogP contribution in [0.15, 0.2) is 76.0 Å². The first-order chi connectivity index (χ1) is 13.0. The number of nitrogens with zero attached hydrogens (tertiary/aromatic N) is 3. The van der Waals surface area contributed by atoms with Crippen molar-refractivity contribution < 1.29 is 14.8 Å². The van der Waals surface area contributed by atoms with E-state index in [2.05, 4.69) is 26.2 Å². The summed E-state index contributed by atoms with van der Waals surface area (Å²) in [7, 11) is 0. The van der Waals surface area contributed by atoms with Gasteiger partial charge in [0.1, 0.15) is 5.71 Å². The maximum atomic E-state index is 12.0. The molecule has 0 heterocycles. The number of nitrogens with one attached hydrogen (secondary N) is 2. The summed E-state index contributed by atoms with van der Waals surface area (Å²) in [5, 5.41) is 20.2. The number of benzene rings is 2. The first-order valence-corrected chi connectivity index (χ1v) is 8.05. The van der Waals surface area contributed by atoms with Crippen molar-refractivity contribution in [2.24, 2.45) is 15.4 Å². The molecule has 27 heavy (non-hydrogen) atoms. The summed E-state index contributed by atoms with van der Waals surface area (Å²) in [6.45, 7) is 3.08. The summed E-state index contributed by atoms with van der Waals surface area (Å²) in [6, 6.07) is 17.1. The molecule has 2 amide bonds. The second-order valence-corrected chi connectivity index (χ2v) is 5.46. The molecular weight excluding hydrogens is 346 g/mol. The van der Waals surface area contributed by atoms with Gasteiger partial charge in [0.05, 0.1) is 11.4 Å². The number of carbonyl (C=O) groups is 2. The molecular formula is C19H19N5O3. The molecule has 138 valence electrons. The van der Waals surface area contributed by atoms with E-state index in [4.69, 9.17) is 0 Å². The van der Waals surface area contributed by atoms with Crippen molar-refractivity contribution in [3.05, 3.63) is 71.8 Å². The quantitative estimate of drug-likeness (QED) is 0.415. The number of rotatable bonds is 6. The standard InChI is InChI=1S/C19H19N5O3/c1-13(20-22-18(25)15-9-5-3-6-10-15)17(24-27)14(2)21-23-19(26)16-11-7-4-8-12-16/h3-12,27H,1-2H3,(H,22,25)(H,23,26)/b20-13+,21-14?,24-17?. The van der Waals surface area contributed by atoms with Crippen LogP contribution < -0.4 is 10.9 Å². The molecule has 0 aliphatic heterocycles. The Morgan fingerprint density at radius 3 is 1.44 bits per heavy atom. The highest BCUT2D eigenvalue weighted by Crippen LogP contribution is 1.99. The third kappa shape index (κ3) is 5.60. The van der Waals surface area contributed by atoms with Gasteiger partial charge in [0, 0.05) is 11.1 Å². The number of hydrogen-bond donors (Lipinski definition) is 3. The Hall–Kier alpha value is -3.81. The summed E-state index contributed by atoms with van der Waals surface area (Å²) < 4.78 is 0. The third-order valence-electron chi connectivity index (χ3n) is 3.51. The monoisotopic (exact) mass is 365 g/mol. The number of amides is 2. The Bertz CT molecular complexity index is 819. The SMILES string of the molecule is CC(=NNC(=O)c1ccccc1)C(=NO)/C(C)=N/NC(=O)c1ccccc1. The highest BCUT2D eigenvalue weighted by Gasteiger charge is 2.12. The lowest BCUT2D eigenvalue weighted by Gasteiger charge is -2.06. The fourth-order valence-corrected chi connectivity index (χ4v) is 2.09. The smallest absolute Gasteiger partial charge is 0.271 e. The minimum absolute atomic E-state index is 0.0247. The molecule has 0 aromatic heterocycles. The maximum Gasteiger partial charge on any atom is 0.271 e. The Morgan fingerprint density at radius 2 is 1.11 bits per heavy atom. The predicted octanol–water partition coefficient (Wildman–Crippen LogP) is 2.43. The van der Waals surface area contributed by atoms with E-state index in [9.17, 15) is 14.8 Å². The zero-order valence-electron chi connectivity index (χ0n) is 14.9. The van der Waals surface area contributed by atoms with E-state index in [0.717, 1.165) is 0 Å². The van der Waals surface area contributed by atoms with E-state index in [1.165, 1.54) is 0 Å². The van der Waals surface area contributed by atoms with Gasteiger partial charge in [0.2, 0.25) is 0 Å². The fourth-order valence-electron chi connectivity index (χ4n) is 2.09. The van der Waals surface area contributed by atoms with Crippen LogP contribution in [0.4, 0.5) is 0 Å². The van der Waals surface area contributed by atoms with E-state index in [-0.39, 0.29) is 17.1 Å². The van der Waals surface area contributed by atoms with E-state index in [0.29, 0.717) is 11.1 Å². The van der Waals surface area contributed by atoms with Crippen molar-refractivity contribution in [2.45, 2.75) is 13.8 Å². The van der Waals surface area contributed by atoms with Gasteiger partial charge in [-0.15, -0.1) is 0 Å². The normalized spacial score (nSPS) is 12.4. The number of hydrazone groups is 2. The van der Waals surface area contributed by atoms with Crippen LogP contribution >= 0.6 is 0 Å². The molecule has 0 aliphatic rings. The van der Waals surface area contributed by atoms with Crippen LogP contribution in [0.25, 0.3) is 0 Å². The van der Waals surface area contributed by atoms with Crippen molar-refractivity contribution in [3.63, 3.8) is 0 Å². The largest absolute Gasteiger partial charge is 0.410 e. The first kappa shape index (κ1) is 19.5. The second-order valence-electron chi connectivity index (χ2n) is 5.46. The summed E-state index contributed by atoms with van der Waals surface area (Å²) >= 11 is 0. The number of carbonyl (C=O) groups excluding carboxylic acids is 2. The number of oxime groups is 1. The Labute approximate surface area is 156 Å². The molecule has 0 saturated carbocycles. The maximum absolute atomic E-state index is 12.0.